The SMILES string of the molecule is O=C(O)N[C@H](C(=O)Nc1ccccc1CC[C@@H]1CN[C@H](CNC(=O)Nc2ccccn2)CO1)C(c1ccccc1)c1ccccc1. The maximum absolute atomic E-state index is 13.8. The van der Waals surface area contributed by atoms with E-state index < -0.39 is 24.0 Å². The van der Waals surface area contributed by atoms with Gasteiger partial charge in [0, 0.05) is 36.9 Å². The number of hydrogen-bond donors (Lipinski definition) is 6. The van der Waals surface area contributed by atoms with Gasteiger partial charge in [-0.2, -0.15) is 0 Å². The molecular weight excluding hydrogens is 584 g/mol. The van der Waals surface area contributed by atoms with Crippen LogP contribution in [0.3, 0.4) is 0 Å². The quantitative estimate of drug-likeness (QED) is 0.135. The molecule has 0 spiro atoms. The van der Waals surface area contributed by atoms with Gasteiger partial charge < -0.3 is 31.1 Å². The van der Waals surface area contributed by atoms with Crippen molar-refractivity contribution in [3.05, 3.63) is 126 Å². The number of aryl methyl sites for hydroxylation is 1. The Morgan fingerprint density at radius 2 is 1.54 bits per heavy atom. The number of hydrogen-bond acceptors (Lipinski definition) is 6. The molecule has 11 nitrogen and oxygen atoms in total. The molecule has 0 saturated carbocycles. The van der Waals surface area contributed by atoms with Crippen LogP contribution in [0.1, 0.15) is 29.0 Å². The smallest absolute Gasteiger partial charge is 0.405 e. The van der Waals surface area contributed by atoms with Crippen molar-refractivity contribution in [1.82, 2.24) is 20.9 Å². The second-order valence-corrected chi connectivity index (χ2v) is 11.0. The third-order valence-corrected chi connectivity index (χ3v) is 7.81. The number of carbonyl (C=O) groups excluding carboxylic acids is 2. The molecule has 11 heteroatoms. The minimum atomic E-state index is -1.28. The van der Waals surface area contributed by atoms with Crippen LogP contribution in [0.4, 0.5) is 21.1 Å². The molecule has 1 aliphatic heterocycles. The topological polar surface area (TPSA) is 154 Å². The van der Waals surface area contributed by atoms with Crippen LogP contribution in [0.25, 0.3) is 0 Å². The van der Waals surface area contributed by atoms with Gasteiger partial charge in [0.15, 0.2) is 0 Å². The number of anilines is 2. The van der Waals surface area contributed by atoms with Gasteiger partial charge in [-0.3, -0.25) is 10.1 Å². The number of aromatic nitrogens is 1. The highest BCUT2D eigenvalue weighted by atomic mass is 16.5. The number of nitrogens with one attached hydrogen (secondary N) is 5. The van der Waals surface area contributed by atoms with E-state index in [1.165, 1.54) is 0 Å². The number of rotatable bonds is 12. The molecule has 6 N–H and O–H groups in total. The van der Waals surface area contributed by atoms with Crippen molar-refractivity contribution in [2.75, 3.05) is 30.3 Å². The fourth-order valence-corrected chi connectivity index (χ4v) is 5.52. The first kappa shape index (κ1) is 32.1. The van der Waals surface area contributed by atoms with E-state index in [-0.39, 0.29) is 18.2 Å². The Labute approximate surface area is 267 Å². The number of ether oxygens (including phenoxy) is 1. The molecule has 1 fully saturated rings. The van der Waals surface area contributed by atoms with Crippen molar-refractivity contribution in [1.29, 1.82) is 0 Å². The molecule has 0 radical (unpaired) electrons. The summed E-state index contributed by atoms with van der Waals surface area (Å²) in [4.78, 5) is 42.0. The van der Waals surface area contributed by atoms with Crippen molar-refractivity contribution in [2.24, 2.45) is 0 Å². The average Bonchev–Trinajstić information content (AvgIpc) is 3.08. The highest BCUT2D eigenvalue weighted by Gasteiger charge is 2.33. The Hall–Kier alpha value is -5.26. The van der Waals surface area contributed by atoms with Gasteiger partial charge in [0.25, 0.3) is 0 Å². The summed E-state index contributed by atoms with van der Waals surface area (Å²) >= 11 is 0. The number of para-hydroxylation sites is 1. The molecule has 1 saturated heterocycles. The predicted molar refractivity (Wildman–Crippen MR) is 176 cm³/mol. The zero-order chi connectivity index (χ0) is 32.1. The number of nitrogens with zero attached hydrogens (tertiary/aromatic N) is 1. The average molecular weight is 623 g/mol. The molecule has 1 aliphatic rings. The number of amides is 4. The number of urea groups is 1. The molecule has 2 heterocycles. The largest absolute Gasteiger partial charge is 0.465 e. The molecule has 0 aliphatic carbocycles. The molecule has 1 aromatic heterocycles. The Morgan fingerprint density at radius 3 is 2.17 bits per heavy atom. The second-order valence-electron chi connectivity index (χ2n) is 11.0. The van der Waals surface area contributed by atoms with Crippen molar-refractivity contribution < 1.29 is 24.2 Å². The summed E-state index contributed by atoms with van der Waals surface area (Å²) in [7, 11) is 0. The summed E-state index contributed by atoms with van der Waals surface area (Å²) in [5.74, 6) is -0.522. The van der Waals surface area contributed by atoms with E-state index in [0.717, 1.165) is 16.7 Å². The van der Waals surface area contributed by atoms with E-state index in [1.807, 2.05) is 84.9 Å². The number of benzene rings is 3. The molecule has 5 rings (SSSR count). The lowest BCUT2D eigenvalue weighted by molar-refractivity contribution is -0.118. The van der Waals surface area contributed by atoms with Crippen LogP contribution in [0.15, 0.2) is 109 Å². The van der Waals surface area contributed by atoms with E-state index in [2.05, 4.69) is 31.6 Å². The van der Waals surface area contributed by atoms with Gasteiger partial charge in [0.1, 0.15) is 11.9 Å². The van der Waals surface area contributed by atoms with E-state index in [0.29, 0.717) is 44.0 Å². The standard InChI is InChI=1S/C35H38N6O5/c42-33(32(41-35(44)45)31(25-12-3-1-4-13-25)26-14-5-2-6-15-26)39-29-16-8-7-11-24(29)18-19-28-22-37-27(23-46-28)21-38-34(43)40-30-17-9-10-20-36-30/h1-17,20,27-28,31-32,37,41H,18-19,21-23H2,(H,39,42)(H,44,45)(H2,36,38,40,43)/t27-,28-,32+/m1/s1. The van der Waals surface area contributed by atoms with Gasteiger partial charge in [-0.25, -0.2) is 14.6 Å². The second kappa shape index (κ2) is 16.2. The molecule has 46 heavy (non-hydrogen) atoms. The maximum atomic E-state index is 13.8. The normalized spacial score (nSPS) is 16.6. The zero-order valence-corrected chi connectivity index (χ0v) is 25.3. The zero-order valence-electron chi connectivity index (χ0n) is 25.3. The Morgan fingerprint density at radius 1 is 0.870 bits per heavy atom. The number of carbonyl (C=O) groups is 3. The summed E-state index contributed by atoms with van der Waals surface area (Å²) < 4.78 is 6.09. The minimum absolute atomic E-state index is 0.0295. The van der Waals surface area contributed by atoms with Crippen LogP contribution >= 0.6 is 0 Å². The third-order valence-electron chi connectivity index (χ3n) is 7.81. The Kier molecular flexibility index (Phi) is 11.3. The van der Waals surface area contributed by atoms with Crippen LogP contribution < -0.4 is 26.6 Å². The summed E-state index contributed by atoms with van der Waals surface area (Å²) in [5.41, 5.74) is 3.18. The highest BCUT2D eigenvalue weighted by molar-refractivity contribution is 5.98. The monoisotopic (exact) mass is 622 g/mol. The van der Waals surface area contributed by atoms with Crippen molar-refractivity contribution in [3.63, 3.8) is 0 Å². The predicted octanol–water partition coefficient (Wildman–Crippen LogP) is 4.60. The Balaban J connectivity index is 1.18. The first-order valence-corrected chi connectivity index (χ1v) is 15.2. The maximum Gasteiger partial charge on any atom is 0.405 e. The number of carboxylic acid groups (broad SMARTS) is 1. The van der Waals surface area contributed by atoms with Crippen LogP contribution in [-0.2, 0) is 16.0 Å². The molecule has 4 aromatic rings. The number of pyridine rings is 1. The van der Waals surface area contributed by atoms with E-state index in [9.17, 15) is 19.5 Å². The van der Waals surface area contributed by atoms with Gasteiger partial charge in [-0.1, -0.05) is 84.9 Å². The van der Waals surface area contributed by atoms with E-state index in [1.54, 1.807) is 24.4 Å². The van der Waals surface area contributed by atoms with Crippen LogP contribution in [0, 0.1) is 0 Å². The molecule has 0 bridgehead atoms. The number of morpholine rings is 1. The van der Waals surface area contributed by atoms with Gasteiger partial charge in [-0.05, 0) is 47.7 Å². The fourth-order valence-electron chi connectivity index (χ4n) is 5.52. The van der Waals surface area contributed by atoms with Crippen molar-refractivity contribution in [3.8, 4) is 0 Å². The summed E-state index contributed by atoms with van der Waals surface area (Å²) in [6, 6.07) is 30.2. The fraction of sp³-hybridized carbons (Fsp3) is 0.257. The molecule has 4 amide bonds. The lowest BCUT2D eigenvalue weighted by Gasteiger charge is -2.31. The highest BCUT2D eigenvalue weighted by Crippen LogP contribution is 2.30. The van der Waals surface area contributed by atoms with Crippen molar-refractivity contribution in [2.45, 2.75) is 36.9 Å². The van der Waals surface area contributed by atoms with Gasteiger partial charge in [0.2, 0.25) is 5.91 Å². The van der Waals surface area contributed by atoms with E-state index >= 15 is 0 Å². The molecule has 238 valence electrons. The molecule has 3 aromatic carbocycles. The summed E-state index contributed by atoms with van der Waals surface area (Å²) in [6.45, 7) is 1.46. The lowest BCUT2D eigenvalue weighted by atomic mass is 9.84. The summed E-state index contributed by atoms with van der Waals surface area (Å²) in [6.07, 6.45) is 1.61. The van der Waals surface area contributed by atoms with Gasteiger partial charge >= 0.3 is 12.1 Å². The van der Waals surface area contributed by atoms with Crippen LogP contribution in [0.5, 0.6) is 0 Å². The van der Waals surface area contributed by atoms with Gasteiger partial charge in [0.05, 0.1) is 12.7 Å². The van der Waals surface area contributed by atoms with E-state index in [4.69, 9.17) is 4.74 Å². The van der Waals surface area contributed by atoms with Crippen molar-refractivity contribution >= 4 is 29.5 Å². The lowest BCUT2D eigenvalue weighted by Crippen LogP contribution is -2.52. The first-order valence-electron chi connectivity index (χ1n) is 15.2. The molecular formula is C35H38N6O5. The first-order chi connectivity index (χ1) is 22.5. The Bertz CT molecular complexity index is 1530. The third kappa shape index (κ3) is 9.13. The van der Waals surface area contributed by atoms with Crippen LogP contribution in [-0.4, -0.2) is 66.0 Å². The summed E-state index contributed by atoms with van der Waals surface area (Å²) in [5, 5.41) is 24.2. The molecule has 3 atom stereocenters. The molecule has 0 unspecified atom stereocenters. The van der Waals surface area contributed by atoms with Crippen LogP contribution in [0.2, 0.25) is 0 Å². The van der Waals surface area contributed by atoms with Gasteiger partial charge in [-0.15, -0.1) is 0 Å². The minimum Gasteiger partial charge on any atom is -0.465 e.